The molecule has 1 fully saturated rings. The van der Waals surface area contributed by atoms with Crippen molar-refractivity contribution in [2.75, 3.05) is 19.1 Å². The number of anilines is 1. The Morgan fingerprint density at radius 2 is 1.70 bits per heavy atom. The Hall–Kier alpha value is -4.73. The number of aliphatic hydroxyl groups is 1. The number of ketones is 1. The molecular formula is C27H21F2N3O5. The molecule has 1 aliphatic rings. The molecule has 4 aromatic rings. The number of H-pyrrole nitrogens is 1. The van der Waals surface area contributed by atoms with Gasteiger partial charge in [-0.05, 0) is 48.4 Å². The van der Waals surface area contributed by atoms with Crippen LogP contribution in [0.15, 0.2) is 60.2 Å². The van der Waals surface area contributed by atoms with E-state index in [9.17, 15) is 23.5 Å². The van der Waals surface area contributed by atoms with E-state index in [-0.39, 0.29) is 28.3 Å². The fourth-order valence-corrected chi connectivity index (χ4v) is 4.46. The molecule has 1 amide bonds. The van der Waals surface area contributed by atoms with Crippen LogP contribution in [0.4, 0.5) is 14.7 Å². The minimum Gasteiger partial charge on any atom is -0.507 e. The first-order chi connectivity index (χ1) is 17.7. The number of hydrogen-bond acceptors (Lipinski definition) is 6. The maximum Gasteiger partial charge on any atom is 0.302 e. The summed E-state index contributed by atoms with van der Waals surface area (Å²) in [6.45, 7) is 1.73. The summed E-state index contributed by atoms with van der Waals surface area (Å²) in [5.41, 5.74) is 1.41. The molecule has 1 aromatic heterocycles. The number of benzene rings is 3. The monoisotopic (exact) mass is 505 g/mol. The van der Waals surface area contributed by atoms with E-state index in [0.29, 0.717) is 28.2 Å². The van der Waals surface area contributed by atoms with E-state index in [0.717, 1.165) is 17.0 Å². The van der Waals surface area contributed by atoms with Crippen LogP contribution in [-0.4, -0.2) is 41.0 Å². The molecule has 3 aromatic carbocycles. The Bertz CT molecular complexity index is 1570. The third-order valence-corrected chi connectivity index (χ3v) is 6.28. The smallest absolute Gasteiger partial charge is 0.302 e. The number of halogens is 2. The molecule has 188 valence electrons. The van der Waals surface area contributed by atoms with Crippen LogP contribution in [-0.2, 0) is 9.59 Å². The Kier molecular flexibility index (Phi) is 5.87. The first-order valence-electron chi connectivity index (χ1n) is 11.2. The predicted molar refractivity (Wildman–Crippen MR) is 132 cm³/mol. The van der Waals surface area contributed by atoms with Crippen molar-refractivity contribution in [3.05, 3.63) is 88.5 Å². The molecule has 0 spiro atoms. The number of rotatable bonds is 5. The number of fused-ring (bicyclic) bond motifs is 1. The Morgan fingerprint density at radius 3 is 2.41 bits per heavy atom. The highest BCUT2D eigenvalue weighted by Crippen LogP contribution is 2.43. The summed E-state index contributed by atoms with van der Waals surface area (Å²) in [5, 5.41) is 11.4. The highest BCUT2D eigenvalue weighted by molar-refractivity contribution is 6.51. The van der Waals surface area contributed by atoms with Crippen LogP contribution in [0.1, 0.15) is 22.7 Å². The highest BCUT2D eigenvalue weighted by atomic mass is 19.2. The van der Waals surface area contributed by atoms with Crippen LogP contribution in [0.2, 0.25) is 0 Å². The van der Waals surface area contributed by atoms with Gasteiger partial charge in [0.25, 0.3) is 5.78 Å². The maximum atomic E-state index is 13.8. The Labute approximate surface area is 209 Å². The molecule has 2 N–H and O–H groups in total. The summed E-state index contributed by atoms with van der Waals surface area (Å²) in [5.74, 6) is -3.60. The van der Waals surface area contributed by atoms with Gasteiger partial charge in [0, 0.05) is 17.7 Å². The largest absolute Gasteiger partial charge is 0.507 e. The first kappa shape index (κ1) is 24.0. The number of amides is 1. The molecule has 5 rings (SSSR count). The van der Waals surface area contributed by atoms with Crippen LogP contribution in [0.3, 0.4) is 0 Å². The molecule has 0 radical (unpaired) electrons. The van der Waals surface area contributed by atoms with Crippen LogP contribution >= 0.6 is 0 Å². The fourth-order valence-electron chi connectivity index (χ4n) is 4.46. The second kappa shape index (κ2) is 9.05. The van der Waals surface area contributed by atoms with Gasteiger partial charge in [0.1, 0.15) is 17.3 Å². The SMILES string of the molecule is COc1cccc(C2/C(=C(\O)c3ccc(OC)cc3C)C(=O)C(=O)N2c2nc3cc(F)c(F)cc3[nH]2)c1. The number of carbonyl (C=O) groups excluding carboxylic acids is 2. The summed E-state index contributed by atoms with van der Waals surface area (Å²) < 4.78 is 38.2. The third-order valence-electron chi connectivity index (χ3n) is 6.28. The van der Waals surface area contributed by atoms with Gasteiger partial charge in [-0.2, -0.15) is 0 Å². The van der Waals surface area contributed by atoms with E-state index in [4.69, 9.17) is 9.47 Å². The second-order valence-electron chi connectivity index (χ2n) is 8.47. The van der Waals surface area contributed by atoms with E-state index >= 15 is 0 Å². The molecule has 10 heteroatoms. The van der Waals surface area contributed by atoms with Gasteiger partial charge in [0.2, 0.25) is 5.95 Å². The summed E-state index contributed by atoms with van der Waals surface area (Å²) >= 11 is 0. The minimum absolute atomic E-state index is 0.0613. The molecule has 0 saturated carbocycles. The number of nitrogens with one attached hydrogen (secondary N) is 1. The van der Waals surface area contributed by atoms with Crippen LogP contribution < -0.4 is 14.4 Å². The zero-order valence-electron chi connectivity index (χ0n) is 20.0. The number of ether oxygens (including phenoxy) is 2. The van der Waals surface area contributed by atoms with Crippen LogP contribution in [0.25, 0.3) is 16.8 Å². The number of aryl methyl sites for hydroxylation is 1. The third kappa shape index (κ3) is 3.96. The van der Waals surface area contributed by atoms with Crippen LogP contribution in [0.5, 0.6) is 11.5 Å². The van der Waals surface area contributed by atoms with Gasteiger partial charge >= 0.3 is 5.91 Å². The normalized spacial score (nSPS) is 17.0. The predicted octanol–water partition coefficient (Wildman–Crippen LogP) is 4.79. The summed E-state index contributed by atoms with van der Waals surface area (Å²) in [4.78, 5) is 34.8. The molecule has 2 heterocycles. The number of aliphatic hydroxyl groups excluding tert-OH is 1. The standard InChI is InChI=1S/C27H21F2N3O5/c1-13-9-16(37-3)7-8-17(13)24(33)22-23(14-5-4-6-15(10-14)36-2)32(26(35)25(22)34)27-30-20-11-18(28)19(29)12-21(20)31-27/h4-12,23,33H,1-3H3,(H,30,31)/b24-22+. The molecule has 0 aliphatic carbocycles. The molecule has 1 saturated heterocycles. The first-order valence-corrected chi connectivity index (χ1v) is 11.2. The van der Waals surface area contributed by atoms with Crippen molar-refractivity contribution in [2.24, 2.45) is 0 Å². The molecule has 1 atom stereocenters. The topological polar surface area (TPSA) is 105 Å². The number of aromatic nitrogens is 2. The number of nitrogens with zero attached hydrogens (tertiary/aromatic N) is 2. The number of imidazole rings is 1. The Balaban J connectivity index is 1.75. The quantitative estimate of drug-likeness (QED) is 0.230. The lowest BCUT2D eigenvalue weighted by Crippen LogP contribution is -2.30. The van der Waals surface area contributed by atoms with Crippen molar-refractivity contribution < 1.29 is 33.0 Å². The fraction of sp³-hybridized carbons (Fsp3) is 0.148. The molecule has 8 nitrogen and oxygen atoms in total. The van der Waals surface area contributed by atoms with Gasteiger partial charge in [0.05, 0.1) is 36.9 Å². The van der Waals surface area contributed by atoms with Crippen molar-refractivity contribution in [2.45, 2.75) is 13.0 Å². The molecule has 1 aliphatic heterocycles. The van der Waals surface area contributed by atoms with Gasteiger partial charge in [-0.25, -0.2) is 13.8 Å². The average Bonchev–Trinajstić information content (AvgIpc) is 3.41. The number of methoxy groups -OCH3 is 2. The average molecular weight is 505 g/mol. The van der Waals surface area contributed by atoms with E-state index < -0.39 is 29.4 Å². The van der Waals surface area contributed by atoms with Gasteiger partial charge in [-0.15, -0.1) is 0 Å². The molecule has 0 bridgehead atoms. The number of hydrogen-bond donors (Lipinski definition) is 2. The maximum absolute atomic E-state index is 13.8. The van der Waals surface area contributed by atoms with Gasteiger partial charge < -0.3 is 19.6 Å². The van der Waals surface area contributed by atoms with Crippen molar-refractivity contribution in [1.82, 2.24) is 9.97 Å². The van der Waals surface area contributed by atoms with E-state index in [2.05, 4.69) is 9.97 Å². The summed E-state index contributed by atoms with van der Waals surface area (Å²) in [7, 11) is 2.98. The Morgan fingerprint density at radius 1 is 1.00 bits per heavy atom. The summed E-state index contributed by atoms with van der Waals surface area (Å²) in [6.07, 6.45) is 0. The van der Waals surface area contributed by atoms with E-state index in [1.807, 2.05) is 0 Å². The van der Waals surface area contributed by atoms with Crippen molar-refractivity contribution >= 4 is 34.4 Å². The highest BCUT2D eigenvalue weighted by Gasteiger charge is 2.48. The van der Waals surface area contributed by atoms with Gasteiger partial charge in [0.15, 0.2) is 11.6 Å². The lowest BCUT2D eigenvalue weighted by Gasteiger charge is -2.23. The van der Waals surface area contributed by atoms with Crippen LogP contribution in [0, 0.1) is 18.6 Å². The van der Waals surface area contributed by atoms with E-state index in [1.165, 1.54) is 14.2 Å². The zero-order chi connectivity index (χ0) is 26.4. The second-order valence-corrected chi connectivity index (χ2v) is 8.47. The van der Waals surface area contributed by atoms with Gasteiger partial charge in [-0.1, -0.05) is 12.1 Å². The lowest BCUT2D eigenvalue weighted by atomic mass is 9.94. The summed E-state index contributed by atoms with van der Waals surface area (Å²) in [6, 6.07) is 12.3. The van der Waals surface area contributed by atoms with Crippen molar-refractivity contribution in [3.8, 4) is 11.5 Å². The molecule has 1 unspecified atom stereocenters. The zero-order valence-corrected chi connectivity index (χ0v) is 20.0. The van der Waals surface area contributed by atoms with Crippen molar-refractivity contribution in [1.29, 1.82) is 0 Å². The number of aromatic amines is 1. The molecule has 37 heavy (non-hydrogen) atoms. The van der Waals surface area contributed by atoms with E-state index in [1.54, 1.807) is 49.4 Å². The number of carbonyl (C=O) groups is 2. The molecular weight excluding hydrogens is 484 g/mol. The van der Waals surface area contributed by atoms with Gasteiger partial charge in [-0.3, -0.25) is 14.5 Å². The minimum atomic E-state index is -1.12. The number of Topliss-reactive ketones (excluding diaryl/α,β-unsaturated/α-hetero) is 1. The van der Waals surface area contributed by atoms with Crippen molar-refractivity contribution in [3.63, 3.8) is 0 Å². The lowest BCUT2D eigenvalue weighted by molar-refractivity contribution is -0.132.